The molecule has 3 rings (SSSR count). The van der Waals surface area contributed by atoms with Crippen LogP contribution in [-0.4, -0.2) is 0 Å². The Labute approximate surface area is 139 Å². The molecule has 1 radical (unpaired) electrons. The minimum absolute atomic E-state index is 0.566. The lowest BCUT2D eigenvalue weighted by atomic mass is 9.87. The summed E-state index contributed by atoms with van der Waals surface area (Å²) < 4.78 is 0. The van der Waals surface area contributed by atoms with E-state index in [0.717, 1.165) is 12.8 Å². The van der Waals surface area contributed by atoms with Gasteiger partial charge in [0.15, 0.2) is 0 Å². The van der Waals surface area contributed by atoms with Crippen molar-refractivity contribution in [3.8, 4) is 0 Å². The SMILES string of the molecule is [CH](CC(CCc1ccccc1)c1ccccc1)c1ccccc1. The number of hydrogen-bond acceptors (Lipinski definition) is 0. The van der Waals surface area contributed by atoms with Gasteiger partial charge >= 0.3 is 0 Å². The van der Waals surface area contributed by atoms with Crippen LogP contribution in [0.5, 0.6) is 0 Å². The summed E-state index contributed by atoms with van der Waals surface area (Å²) in [6, 6.07) is 32.3. The minimum atomic E-state index is 0.566. The maximum Gasteiger partial charge on any atom is -0.00871 e. The van der Waals surface area contributed by atoms with E-state index < -0.39 is 0 Å². The fourth-order valence-corrected chi connectivity index (χ4v) is 3.00. The molecule has 0 N–H and O–H groups in total. The first kappa shape index (κ1) is 15.6. The van der Waals surface area contributed by atoms with Gasteiger partial charge < -0.3 is 0 Å². The normalized spacial score (nSPS) is 10.8. The summed E-state index contributed by atoms with van der Waals surface area (Å²) in [6.45, 7) is 0. The van der Waals surface area contributed by atoms with Crippen LogP contribution in [0.4, 0.5) is 0 Å². The second kappa shape index (κ2) is 8.33. The molecule has 23 heavy (non-hydrogen) atoms. The largest absolute Gasteiger partial charge is 0.0622 e. The second-order valence-electron chi connectivity index (χ2n) is 5.98. The van der Waals surface area contributed by atoms with Gasteiger partial charge in [0.25, 0.3) is 0 Å². The molecule has 0 aromatic heterocycles. The van der Waals surface area contributed by atoms with E-state index in [1.54, 1.807) is 0 Å². The molecule has 115 valence electrons. The van der Waals surface area contributed by atoms with Crippen LogP contribution in [0.1, 0.15) is 35.4 Å². The van der Waals surface area contributed by atoms with Crippen molar-refractivity contribution in [2.45, 2.75) is 25.2 Å². The number of benzene rings is 3. The van der Waals surface area contributed by atoms with Crippen molar-refractivity contribution in [3.05, 3.63) is 114 Å². The van der Waals surface area contributed by atoms with Crippen LogP contribution in [0, 0.1) is 6.42 Å². The molecule has 1 atom stereocenters. The molecule has 0 bridgehead atoms. The van der Waals surface area contributed by atoms with Crippen molar-refractivity contribution in [2.75, 3.05) is 0 Å². The lowest BCUT2D eigenvalue weighted by Gasteiger charge is -2.17. The summed E-state index contributed by atoms with van der Waals surface area (Å²) in [5.41, 5.74) is 4.18. The maximum absolute atomic E-state index is 2.36. The molecule has 3 aromatic rings. The van der Waals surface area contributed by atoms with Gasteiger partial charge in [0.1, 0.15) is 0 Å². The van der Waals surface area contributed by atoms with Crippen LogP contribution in [0.3, 0.4) is 0 Å². The van der Waals surface area contributed by atoms with Gasteiger partial charge in [-0.3, -0.25) is 0 Å². The Bertz CT molecular complexity index is 628. The molecular formula is C23H23. The van der Waals surface area contributed by atoms with E-state index in [9.17, 15) is 0 Å². The molecule has 0 heteroatoms. The first-order valence-corrected chi connectivity index (χ1v) is 8.39. The Morgan fingerprint density at radius 2 is 1.22 bits per heavy atom. The summed E-state index contributed by atoms with van der Waals surface area (Å²) >= 11 is 0. The van der Waals surface area contributed by atoms with Gasteiger partial charge in [0.2, 0.25) is 0 Å². The molecule has 0 saturated heterocycles. The molecule has 0 aliphatic carbocycles. The predicted octanol–water partition coefficient (Wildman–Crippen LogP) is 6.05. The smallest absolute Gasteiger partial charge is 0.00871 e. The number of rotatable bonds is 7. The molecule has 1 unspecified atom stereocenters. The van der Waals surface area contributed by atoms with Gasteiger partial charge in [-0.05, 0) is 48.3 Å². The highest BCUT2D eigenvalue weighted by Gasteiger charge is 2.12. The van der Waals surface area contributed by atoms with Crippen LogP contribution in [0.15, 0.2) is 91.0 Å². The Morgan fingerprint density at radius 1 is 0.652 bits per heavy atom. The zero-order valence-corrected chi connectivity index (χ0v) is 13.4. The lowest BCUT2D eigenvalue weighted by Crippen LogP contribution is -2.02. The van der Waals surface area contributed by atoms with E-state index in [4.69, 9.17) is 0 Å². The molecule has 0 aliphatic rings. The van der Waals surface area contributed by atoms with Crippen LogP contribution in [0.2, 0.25) is 0 Å². The summed E-state index contributed by atoms with van der Waals surface area (Å²) in [5.74, 6) is 0.566. The van der Waals surface area contributed by atoms with Gasteiger partial charge in [-0.25, -0.2) is 0 Å². The van der Waals surface area contributed by atoms with Gasteiger partial charge in [-0.15, -0.1) is 0 Å². The van der Waals surface area contributed by atoms with E-state index in [-0.39, 0.29) is 0 Å². The summed E-state index contributed by atoms with van der Waals surface area (Å²) in [4.78, 5) is 0. The first-order valence-electron chi connectivity index (χ1n) is 8.39. The second-order valence-corrected chi connectivity index (χ2v) is 5.98. The van der Waals surface area contributed by atoms with Crippen LogP contribution >= 0.6 is 0 Å². The number of aryl methyl sites for hydroxylation is 1. The van der Waals surface area contributed by atoms with E-state index in [0.29, 0.717) is 5.92 Å². The average Bonchev–Trinajstić information content (AvgIpc) is 2.64. The Balaban J connectivity index is 1.66. The van der Waals surface area contributed by atoms with Crippen LogP contribution < -0.4 is 0 Å². The molecule has 0 fully saturated rings. The van der Waals surface area contributed by atoms with E-state index in [1.807, 2.05) is 0 Å². The van der Waals surface area contributed by atoms with Crippen LogP contribution in [-0.2, 0) is 6.42 Å². The van der Waals surface area contributed by atoms with E-state index in [1.165, 1.54) is 23.1 Å². The summed E-state index contributed by atoms with van der Waals surface area (Å²) in [5, 5.41) is 0. The van der Waals surface area contributed by atoms with Crippen molar-refractivity contribution in [1.29, 1.82) is 0 Å². The molecule has 0 heterocycles. The Kier molecular flexibility index (Phi) is 5.64. The molecule has 0 amide bonds. The van der Waals surface area contributed by atoms with Crippen LogP contribution in [0.25, 0.3) is 0 Å². The molecular weight excluding hydrogens is 276 g/mol. The molecule has 0 spiro atoms. The zero-order valence-electron chi connectivity index (χ0n) is 13.4. The molecule has 0 nitrogen and oxygen atoms in total. The fourth-order valence-electron chi connectivity index (χ4n) is 3.00. The lowest BCUT2D eigenvalue weighted by molar-refractivity contribution is 0.619. The monoisotopic (exact) mass is 299 g/mol. The fraction of sp³-hybridized carbons (Fsp3) is 0.174. The van der Waals surface area contributed by atoms with Gasteiger partial charge in [0, 0.05) is 0 Å². The maximum atomic E-state index is 2.36. The minimum Gasteiger partial charge on any atom is -0.0622 e. The standard InChI is InChI=1S/C23H23/c1-4-10-20(11-5-1)16-18-23(22-14-8-3-9-15-22)19-17-21-12-6-2-7-13-21/h1-16,23H,17-19H2. The third-order valence-electron chi connectivity index (χ3n) is 4.33. The molecule has 3 aromatic carbocycles. The van der Waals surface area contributed by atoms with Gasteiger partial charge in [-0.1, -0.05) is 91.0 Å². The third-order valence-corrected chi connectivity index (χ3v) is 4.33. The van der Waals surface area contributed by atoms with E-state index in [2.05, 4.69) is 97.4 Å². The average molecular weight is 299 g/mol. The third kappa shape index (κ3) is 4.82. The van der Waals surface area contributed by atoms with Gasteiger partial charge in [0.05, 0.1) is 0 Å². The number of hydrogen-bond donors (Lipinski definition) is 0. The molecule has 0 saturated carbocycles. The van der Waals surface area contributed by atoms with Crippen molar-refractivity contribution >= 4 is 0 Å². The molecule has 0 aliphatic heterocycles. The highest BCUT2D eigenvalue weighted by Crippen LogP contribution is 2.27. The van der Waals surface area contributed by atoms with E-state index >= 15 is 0 Å². The van der Waals surface area contributed by atoms with Gasteiger partial charge in [-0.2, -0.15) is 0 Å². The summed E-state index contributed by atoms with van der Waals surface area (Å²) in [7, 11) is 0. The Morgan fingerprint density at radius 3 is 1.87 bits per heavy atom. The highest BCUT2D eigenvalue weighted by atomic mass is 14.2. The van der Waals surface area contributed by atoms with Crippen molar-refractivity contribution in [2.24, 2.45) is 0 Å². The van der Waals surface area contributed by atoms with Crippen molar-refractivity contribution < 1.29 is 0 Å². The quantitative estimate of drug-likeness (QED) is 0.498. The van der Waals surface area contributed by atoms with Crippen molar-refractivity contribution in [1.82, 2.24) is 0 Å². The highest BCUT2D eigenvalue weighted by molar-refractivity contribution is 5.26. The summed E-state index contributed by atoms with van der Waals surface area (Å²) in [6.07, 6.45) is 5.75. The topological polar surface area (TPSA) is 0 Å². The van der Waals surface area contributed by atoms with Crippen molar-refractivity contribution in [3.63, 3.8) is 0 Å². The predicted molar refractivity (Wildman–Crippen MR) is 98.4 cm³/mol. The Hall–Kier alpha value is -2.34. The first-order chi connectivity index (χ1) is 11.4. The zero-order chi connectivity index (χ0) is 15.7.